The molecule has 1 aliphatic heterocycles. The number of hydrazone groups is 1. The predicted octanol–water partition coefficient (Wildman–Crippen LogP) is 2.77. The van der Waals surface area contributed by atoms with Gasteiger partial charge in [-0.3, -0.25) is 5.01 Å². The summed E-state index contributed by atoms with van der Waals surface area (Å²) in [6, 6.07) is 0. The minimum absolute atomic E-state index is 0.926. The first kappa shape index (κ1) is 8.79. The summed E-state index contributed by atoms with van der Waals surface area (Å²) in [6.45, 7) is 3.39. The second-order valence-corrected chi connectivity index (χ2v) is 3.95. The third-order valence-corrected chi connectivity index (χ3v) is 3.10. The van der Waals surface area contributed by atoms with Gasteiger partial charge in [-0.1, -0.05) is 19.4 Å². The molecule has 2 heteroatoms. The minimum Gasteiger partial charge on any atom is -0.270 e. The standard InChI is InChI=1S/C11H18N2/c1-2-10-4-6-11(7-5-10)13-9-3-8-12-13/h6,8,10H,2-5,7,9H2,1H3. The molecule has 0 aromatic rings. The molecular formula is C11H18N2. The molecule has 2 aliphatic rings. The fourth-order valence-corrected chi connectivity index (χ4v) is 2.09. The number of hydrogen-bond acceptors (Lipinski definition) is 2. The van der Waals surface area contributed by atoms with E-state index in [0.717, 1.165) is 18.9 Å². The van der Waals surface area contributed by atoms with Crippen LogP contribution in [0.1, 0.15) is 39.0 Å². The molecule has 1 aliphatic carbocycles. The molecule has 0 saturated heterocycles. The molecule has 1 atom stereocenters. The van der Waals surface area contributed by atoms with Crippen LogP contribution in [0.4, 0.5) is 0 Å². The van der Waals surface area contributed by atoms with Crippen molar-refractivity contribution >= 4 is 6.21 Å². The number of rotatable bonds is 2. The van der Waals surface area contributed by atoms with Crippen LogP contribution in [0.3, 0.4) is 0 Å². The van der Waals surface area contributed by atoms with E-state index in [1.165, 1.54) is 31.4 Å². The predicted molar refractivity (Wildman–Crippen MR) is 55.5 cm³/mol. The lowest BCUT2D eigenvalue weighted by molar-refractivity contribution is 0.342. The molecule has 1 unspecified atom stereocenters. The highest BCUT2D eigenvalue weighted by Crippen LogP contribution is 2.28. The third-order valence-electron chi connectivity index (χ3n) is 3.10. The molecule has 0 aromatic carbocycles. The first-order valence-electron chi connectivity index (χ1n) is 5.39. The molecule has 0 saturated carbocycles. The highest BCUT2D eigenvalue weighted by atomic mass is 15.5. The largest absolute Gasteiger partial charge is 0.270 e. The van der Waals surface area contributed by atoms with Crippen molar-refractivity contribution in [3.63, 3.8) is 0 Å². The van der Waals surface area contributed by atoms with E-state index in [0.29, 0.717) is 0 Å². The maximum Gasteiger partial charge on any atom is 0.0462 e. The molecule has 13 heavy (non-hydrogen) atoms. The Morgan fingerprint density at radius 2 is 2.54 bits per heavy atom. The highest BCUT2D eigenvalue weighted by molar-refractivity contribution is 5.59. The lowest BCUT2D eigenvalue weighted by Gasteiger charge is -2.25. The van der Waals surface area contributed by atoms with Gasteiger partial charge >= 0.3 is 0 Å². The lowest BCUT2D eigenvalue weighted by Crippen LogP contribution is -2.17. The molecule has 0 N–H and O–H groups in total. The Morgan fingerprint density at radius 1 is 1.62 bits per heavy atom. The molecule has 1 heterocycles. The van der Waals surface area contributed by atoms with Crippen LogP contribution in [-0.4, -0.2) is 17.8 Å². The van der Waals surface area contributed by atoms with Crippen molar-refractivity contribution in [1.82, 2.24) is 5.01 Å². The van der Waals surface area contributed by atoms with Crippen LogP contribution in [0.15, 0.2) is 16.9 Å². The summed E-state index contributed by atoms with van der Waals surface area (Å²) >= 11 is 0. The molecule has 0 bridgehead atoms. The van der Waals surface area contributed by atoms with Crippen LogP contribution in [0.2, 0.25) is 0 Å². The normalized spacial score (nSPS) is 27.9. The van der Waals surface area contributed by atoms with Crippen LogP contribution in [0.25, 0.3) is 0 Å². The van der Waals surface area contributed by atoms with Gasteiger partial charge in [-0.15, -0.1) is 0 Å². The minimum atomic E-state index is 0.926. The maximum absolute atomic E-state index is 4.35. The topological polar surface area (TPSA) is 15.6 Å². The van der Waals surface area contributed by atoms with Gasteiger partial charge in [0.15, 0.2) is 0 Å². The van der Waals surface area contributed by atoms with E-state index in [1.54, 1.807) is 0 Å². The SMILES string of the molecule is CCC1CC=C(N2CCC=N2)CC1. The van der Waals surface area contributed by atoms with E-state index in [4.69, 9.17) is 0 Å². The summed E-state index contributed by atoms with van der Waals surface area (Å²) in [5.74, 6) is 0.926. The van der Waals surface area contributed by atoms with Gasteiger partial charge in [0.05, 0.1) is 0 Å². The van der Waals surface area contributed by atoms with Crippen molar-refractivity contribution in [2.75, 3.05) is 6.54 Å². The summed E-state index contributed by atoms with van der Waals surface area (Å²) in [5.41, 5.74) is 1.46. The van der Waals surface area contributed by atoms with E-state index < -0.39 is 0 Å². The average Bonchev–Trinajstić information content (AvgIpc) is 2.71. The van der Waals surface area contributed by atoms with E-state index in [1.807, 2.05) is 6.21 Å². The number of hydrogen-bond donors (Lipinski definition) is 0. The van der Waals surface area contributed by atoms with E-state index in [2.05, 4.69) is 23.1 Å². The van der Waals surface area contributed by atoms with E-state index >= 15 is 0 Å². The zero-order chi connectivity index (χ0) is 9.10. The van der Waals surface area contributed by atoms with Gasteiger partial charge in [0.2, 0.25) is 0 Å². The van der Waals surface area contributed by atoms with Crippen molar-refractivity contribution in [3.8, 4) is 0 Å². The first-order chi connectivity index (χ1) is 6.40. The van der Waals surface area contributed by atoms with Gasteiger partial charge in [0, 0.05) is 24.9 Å². The van der Waals surface area contributed by atoms with Crippen LogP contribution < -0.4 is 0 Å². The zero-order valence-corrected chi connectivity index (χ0v) is 8.37. The van der Waals surface area contributed by atoms with E-state index in [9.17, 15) is 0 Å². The summed E-state index contributed by atoms with van der Waals surface area (Å²) in [4.78, 5) is 0. The van der Waals surface area contributed by atoms with Gasteiger partial charge in [0.25, 0.3) is 0 Å². The van der Waals surface area contributed by atoms with Gasteiger partial charge in [0.1, 0.15) is 0 Å². The van der Waals surface area contributed by atoms with Crippen molar-refractivity contribution in [1.29, 1.82) is 0 Å². The van der Waals surface area contributed by atoms with Crippen molar-refractivity contribution in [3.05, 3.63) is 11.8 Å². The fraction of sp³-hybridized carbons (Fsp3) is 0.727. The molecule has 0 aromatic heterocycles. The van der Waals surface area contributed by atoms with Gasteiger partial charge in [-0.05, 0) is 25.2 Å². The molecule has 0 radical (unpaired) electrons. The second kappa shape index (κ2) is 3.95. The molecular weight excluding hydrogens is 160 g/mol. The summed E-state index contributed by atoms with van der Waals surface area (Å²) in [5, 5.41) is 6.52. The summed E-state index contributed by atoms with van der Waals surface area (Å²) < 4.78 is 0. The third kappa shape index (κ3) is 1.93. The first-order valence-corrected chi connectivity index (χ1v) is 5.39. The average molecular weight is 178 g/mol. The van der Waals surface area contributed by atoms with Crippen LogP contribution >= 0.6 is 0 Å². The highest BCUT2D eigenvalue weighted by Gasteiger charge is 2.17. The fourth-order valence-electron chi connectivity index (χ4n) is 2.09. The monoisotopic (exact) mass is 178 g/mol. The van der Waals surface area contributed by atoms with Crippen molar-refractivity contribution in [2.45, 2.75) is 39.0 Å². The smallest absolute Gasteiger partial charge is 0.0462 e. The van der Waals surface area contributed by atoms with Gasteiger partial charge < -0.3 is 0 Å². The van der Waals surface area contributed by atoms with Crippen LogP contribution in [0.5, 0.6) is 0 Å². The number of allylic oxidation sites excluding steroid dienone is 2. The molecule has 0 amide bonds. The molecule has 0 spiro atoms. The summed E-state index contributed by atoms with van der Waals surface area (Å²) in [6.07, 6.45) is 10.7. The van der Waals surface area contributed by atoms with Crippen molar-refractivity contribution in [2.24, 2.45) is 11.0 Å². The molecule has 0 fully saturated rings. The second-order valence-electron chi connectivity index (χ2n) is 3.95. The van der Waals surface area contributed by atoms with Crippen LogP contribution in [-0.2, 0) is 0 Å². The maximum atomic E-state index is 4.35. The molecule has 2 nitrogen and oxygen atoms in total. The Labute approximate surface area is 80.3 Å². The molecule has 2 rings (SSSR count). The Bertz CT molecular complexity index is 230. The van der Waals surface area contributed by atoms with Gasteiger partial charge in [-0.25, -0.2) is 0 Å². The Hall–Kier alpha value is -0.790. The zero-order valence-electron chi connectivity index (χ0n) is 8.37. The molecule has 72 valence electrons. The van der Waals surface area contributed by atoms with Crippen LogP contribution in [0, 0.1) is 5.92 Å². The quantitative estimate of drug-likeness (QED) is 0.635. The summed E-state index contributed by atoms with van der Waals surface area (Å²) in [7, 11) is 0. The van der Waals surface area contributed by atoms with Gasteiger partial charge in [-0.2, -0.15) is 5.10 Å². The van der Waals surface area contributed by atoms with Crippen molar-refractivity contribution < 1.29 is 0 Å². The Kier molecular flexibility index (Phi) is 2.67. The lowest BCUT2D eigenvalue weighted by atomic mass is 9.90. The Morgan fingerprint density at radius 3 is 3.08 bits per heavy atom. The number of nitrogens with zero attached hydrogens (tertiary/aromatic N) is 2. The Balaban J connectivity index is 1.94. The van der Waals surface area contributed by atoms with E-state index in [-0.39, 0.29) is 0 Å².